The molecule has 0 radical (unpaired) electrons. The van der Waals surface area contributed by atoms with E-state index in [2.05, 4.69) is 10.9 Å². The van der Waals surface area contributed by atoms with Crippen LogP contribution in [0.4, 0.5) is 0 Å². The molecule has 0 aliphatic heterocycles. The molecule has 2 N–H and O–H groups in total. The molecule has 0 atom stereocenters. The second-order valence-electron chi connectivity index (χ2n) is 3.08. The van der Waals surface area contributed by atoms with Gasteiger partial charge in [-0.3, -0.25) is 10.2 Å². The zero-order valence-electron chi connectivity index (χ0n) is 6.49. The van der Waals surface area contributed by atoms with E-state index in [0.717, 1.165) is 0 Å². The summed E-state index contributed by atoms with van der Waals surface area (Å²) in [4.78, 5) is 10.2. The number of halogens is 1. The van der Waals surface area contributed by atoms with Gasteiger partial charge in [-0.25, -0.2) is 5.43 Å². The predicted octanol–water partition coefficient (Wildman–Crippen LogP) is 0.644. The fourth-order valence-electron chi connectivity index (χ4n) is 0.379. The summed E-state index contributed by atoms with van der Waals surface area (Å²) in [5.41, 5.74) is 5.56. The number of carbonyl (C=O) groups is 1. The summed E-state index contributed by atoms with van der Waals surface area (Å²) in [6.45, 7) is 6.11. The minimum Gasteiger partial charge on any atom is -0.280 e. The van der Waals surface area contributed by atoms with Gasteiger partial charge in [0, 0.05) is 5.54 Å². The Labute approximate surface area is 66.1 Å². The van der Waals surface area contributed by atoms with E-state index in [4.69, 9.17) is 11.6 Å². The fraction of sp³-hybridized carbons (Fsp3) is 0.833. The highest BCUT2D eigenvalue weighted by molar-refractivity contribution is 6.64. The highest BCUT2D eigenvalue weighted by atomic mass is 35.5. The van der Waals surface area contributed by atoms with E-state index >= 15 is 0 Å². The van der Waals surface area contributed by atoms with Gasteiger partial charge in [-0.15, -0.1) is 0 Å². The van der Waals surface area contributed by atoms with Crippen LogP contribution in [0.1, 0.15) is 20.8 Å². The van der Waals surface area contributed by atoms with Crippen LogP contribution in [0.5, 0.6) is 0 Å². The van der Waals surface area contributed by atoms with Crippen LogP contribution in [0.2, 0.25) is 0 Å². The van der Waals surface area contributed by atoms with Crippen LogP contribution in [0.25, 0.3) is 0 Å². The van der Waals surface area contributed by atoms with E-state index in [1.165, 1.54) is 0 Å². The third kappa shape index (κ3) is 7.88. The zero-order chi connectivity index (χ0) is 8.20. The van der Waals surface area contributed by atoms with Gasteiger partial charge in [-0.05, 0) is 32.4 Å². The summed E-state index contributed by atoms with van der Waals surface area (Å²) < 4.78 is 0. The molecule has 0 spiro atoms. The Morgan fingerprint density at radius 1 is 1.50 bits per heavy atom. The van der Waals surface area contributed by atoms with E-state index in [-0.39, 0.29) is 12.1 Å². The molecule has 0 unspecified atom stereocenters. The van der Waals surface area contributed by atoms with Crippen LogP contribution in [-0.4, -0.2) is 17.3 Å². The lowest BCUT2D eigenvalue weighted by Crippen LogP contribution is -2.47. The third-order valence-corrected chi connectivity index (χ3v) is 0.824. The first-order valence-corrected chi connectivity index (χ1v) is 3.48. The zero-order valence-corrected chi connectivity index (χ0v) is 7.25. The summed E-state index contributed by atoms with van der Waals surface area (Å²) in [5, 5.41) is -0.392. The van der Waals surface area contributed by atoms with Crippen LogP contribution in [0.15, 0.2) is 0 Å². The van der Waals surface area contributed by atoms with E-state index in [1.54, 1.807) is 0 Å². The van der Waals surface area contributed by atoms with Crippen molar-refractivity contribution in [2.45, 2.75) is 26.3 Å². The molecule has 0 fully saturated rings. The fourth-order valence-corrected chi connectivity index (χ4v) is 0.446. The molecule has 0 amide bonds. The van der Waals surface area contributed by atoms with Crippen molar-refractivity contribution in [2.24, 2.45) is 0 Å². The van der Waals surface area contributed by atoms with Crippen molar-refractivity contribution in [3.8, 4) is 0 Å². The summed E-state index contributed by atoms with van der Waals surface area (Å²) in [6, 6.07) is 0. The van der Waals surface area contributed by atoms with Crippen LogP contribution >= 0.6 is 11.6 Å². The highest BCUT2D eigenvalue weighted by Gasteiger charge is 2.07. The van der Waals surface area contributed by atoms with Gasteiger partial charge in [0.2, 0.25) is 5.24 Å². The maximum atomic E-state index is 10.2. The van der Waals surface area contributed by atoms with Crippen molar-refractivity contribution in [2.75, 3.05) is 6.54 Å². The largest absolute Gasteiger partial charge is 0.280 e. The molecule has 0 rings (SSSR count). The van der Waals surface area contributed by atoms with Crippen LogP contribution in [0, 0.1) is 0 Å². The van der Waals surface area contributed by atoms with Crippen LogP contribution in [0.3, 0.4) is 0 Å². The lowest BCUT2D eigenvalue weighted by molar-refractivity contribution is -0.111. The van der Waals surface area contributed by atoms with Crippen molar-refractivity contribution in [1.29, 1.82) is 0 Å². The van der Waals surface area contributed by atoms with Crippen LogP contribution < -0.4 is 10.9 Å². The van der Waals surface area contributed by atoms with Gasteiger partial charge in [0.05, 0.1) is 6.54 Å². The topological polar surface area (TPSA) is 41.1 Å². The van der Waals surface area contributed by atoms with E-state index in [1.807, 2.05) is 20.8 Å². The molecule has 60 valence electrons. The molecule has 10 heavy (non-hydrogen) atoms. The normalized spacial score (nSPS) is 11.6. The van der Waals surface area contributed by atoms with Gasteiger partial charge in [0.25, 0.3) is 0 Å². The van der Waals surface area contributed by atoms with Crippen molar-refractivity contribution < 1.29 is 4.79 Å². The van der Waals surface area contributed by atoms with Gasteiger partial charge >= 0.3 is 0 Å². The first-order chi connectivity index (χ1) is 4.42. The van der Waals surface area contributed by atoms with E-state index in [0.29, 0.717) is 0 Å². The van der Waals surface area contributed by atoms with E-state index < -0.39 is 5.24 Å². The van der Waals surface area contributed by atoms with Gasteiger partial charge < -0.3 is 0 Å². The second kappa shape index (κ2) is 3.91. The Bertz CT molecular complexity index is 119. The molecule has 0 aliphatic rings. The average molecular weight is 165 g/mol. The van der Waals surface area contributed by atoms with Crippen LogP contribution in [-0.2, 0) is 4.79 Å². The summed E-state index contributed by atoms with van der Waals surface area (Å²) in [7, 11) is 0. The Morgan fingerprint density at radius 3 is 2.30 bits per heavy atom. The monoisotopic (exact) mass is 164 g/mol. The molecule has 4 heteroatoms. The Morgan fingerprint density at radius 2 is 2.00 bits per heavy atom. The predicted molar refractivity (Wildman–Crippen MR) is 41.8 cm³/mol. The summed E-state index contributed by atoms with van der Waals surface area (Å²) in [5.74, 6) is 0. The molecule has 0 saturated heterocycles. The molecule has 0 aromatic rings. The number of hydrogen-bond donors (Lipinski definition) is 2. The van der Waals surface area contributed by atoms with Gasteiger partial charge in [-0.1, -0.05) is 0 Å². The molecule has 0 heterocycles. The quantitative estimate of drug-likeness (QED) is 0.475. The number of nitrogens with one attached hydrogen (secondary N) is 2. The molecule has 0 aromatic heterocycles. The van der Waals surface area contributed by atoms with Crippen molar-refractivity contribution in [3.05, 3.63) is 0 Å². The van der Waals surface area contributed by atoms with Gasteiger partial charge in [0.15, 0.2) is 0 Å². The first kappa shape index (κ1) is 9.88. The smallest absolute Gasteiger partial charge is 0.236 e. The SMILES string of the molecule is CC(C)(C)NNCC(=O)Cl. The van der Waals surface area contributed by atoms with Crippen molar-refractivity contribution in [1.82, 2.24) is 10.9 Å². The van der Waals surface area contributed by atoms with Gasteiger partial charge in [-0.2, -0.15) is 0 Å². The number of carbonyl (C=O) groups excluding carboxylic acids is 1. The Balaban J connectivity index is 3.29. The molecular weight excluding hydrogens is 152 g/mol. The summed E-state index contributed by atoms with van der Waals surface area (Å²) >= 11 is 5.07. The molecule has 0 saturated carbocycles. The van der Waals surface area contributed by atoms with Crippen molar-refractivity contribution in [3.63, 3.8) is 0 Å². The highest BCUT2D eigenvalue weighted by Crippen LogP contribution is 1.94. The number of hydrazine groups is 1. The minimum atomic E-state index is -0.392. The third-order valence-electron chi connectivity index (χ3n) is 0.691. The molecule has 0 bridgehead atoms. The maximum absolute atomic E-state index is 10.2. The molecule has 0 aromatic carbocycles. The molecular formula is C6H13ClN2O. The van der Waals surface area contributed by atoms with E-state index in [9.17, 15) is 4.79 Å². The average Bonchev–Trinajstić information content (AvgIpc) is 1.59. The maximum Gasteiger partial charge on any atom is 0.236 e. The minimum absolute atomic E-state index is 0.0354. The molecule has 0 aliphatic carbocycles. The second-order valence-corrected chi connectivity index (χ2v) is 3.51. The Hall–Kier alpha value is -0.120. The van der Waals surface area contributed by atoms with Crippen molar-refractivity contribution >= 4 is 16.8 Å². The number of rotatable bonds is 3. The molecule has 3 nitrogen and oxygen atoms in total. The lowest BCUT2D eigenvalue weighted by Gasteiger charge is -2.20. The number of hydrogen-bond acceptors (Lipinski definition) is 3. The lowest BCUT2D eigenvalue weighted by atomic mass is 10.1. The van der Waals surface area contributed by atoms with Gasteiger partial charge in [0.1, 0.15) is 0 Å². The summed E-state index contributed by atoms with van der Waals surface area (Å²) in [6.07, 6.45) is 0. The standard InChI is InChI=1S/C6H13ClN2O/c1-6(2,3)9-8-4-5(7)10/h8-9H,4H2,1-3H3. The first-order valence-electron chi connectivity index (χ1n) is 3.10. The Kier molecular flexibility index (Phi) is 3.86.